The maximum atomic E-state index is 12.8. The number of anilines is 1. The van der Waals surface area contributed by atoms with Crippen LogP contribution in [0.2, 0.25) is 5.15 Å². The van der Waals surface area contributed by atoms with Gasteiger partial charge in [-0.1, -0.05) is 11.6 Å². The Hall–Kier alpha value is -2.16. The zero-order chi connectivity index (χ0) is 23.9. The van der Waals surface area contributed by atoms with Crippen molar-refractivity contribution in [1.82, 2.24) is 19.8 Å². The van der Waals surface area contributed by atoms with Gasteiger partial charge in [0.05, 0.1) is 24.4 Å². The van der Waals surface area contributed by atoms with Crippen LogP contribution in [0.5, 0.6) is 0 Å². The number of nitrogens with one attached hydrogen (secondary N) is 1. The first kappa shape index (κ1) is 23.6. The average Bonchev–Trinajstić information content (AvgIpc) is 3.04. The van der Waals surface area contributed by atoms with Crippen LogP contribution < -0.4 is 5.32 Å². The van der Waals surface area contributed by atoms with Gasteiger partial charge in [0.1, 0.15) is 16.6 Å². The van der Waals surface area contributed by atoms with E-state index in [0.29, 0.717) is 5.15 Å². The van der Waals surface area contributed by atoms with E-state index in [1.807, 2.05) is 31.7 Å². The highest BCUT2D eigenvalue weighted by Gasteiger charge is 2.45. The molecule has 0 spiro atoms. The number of nitrogens with zero attached hydrogens (tertiary/aromatic N) is 4. The van der Waals surface area contributed by atoms with E-state index in [9.17, 15) is 4.79 Å². The van der Waals surface area contributed by atoms with Crippen LogP contribution in [0, 0.1) is 0 Å². The highest BCUT2D eigenvalue weighted by atomic mass is 35.5. The Bertz CT molecular complexity index is 1040. The fourth-order valence-electron chi connectivity index (χ4n) is 5.43. The third-order valence-corrected chi connectivity index (χ3v) is 7.07. The van der Waals surface area contributed by atoms with Gasteiger partial charge >= 0.3 is 6.09 Å². The highest BCUT2D eigenvalue weighted by Crippen LogP contribution is 2.38. The van der Waals surface area contributed by atoms with Gasteiger partial charge < -0.3 is 19.7 Å². The average molecular weight is 488 g/mol. The van der Waals surface area contributed by atoms with Crippen LogP contribution in [-0.4, -0.2) is 75.9 Å². The van der Waals surface area contributed by atoms with E-state index in [1.165, 1.54) is 0 Å². The molecule has 3 aliphatic heterocycles. The number of pyridine rings is 2. The minimum absolute atomic E-state index is 0.190. The number of rotatable bonds is 4. The van der Waals surface area contributed by atoms with Crippen molar-refractivity contribution in [1.29, 1.82) is 0 Å². The number of aromatic nitrogens is 2. The zero-order valence-corrected chi connectivity index (χ0v) is 21.0. The van der Waals surface area contributed by atoms with Crippen molar-refractivity contribution in [3.8, 4) is 0 Å². The van der Waals surface area contributed by atoms with Crippen molar-refractivity contribution in [2.24, 2.45) is 0 Å². The van der Waals surface area contributed by atoms with Gasteiger partial charge in [-0.15, -0.1) is 0 Å². The predicted molar refractivity (Wildman–Crippen MR) is 132 cm³/mol. The van der Waals surface area contributed by atoms with Gasteiger partial charge in [-0.2, -0.15) is 0 Å². The number of piperidine rings is 1. The fourth-order valence-corrected chi connectivity index (χ4v) is 5.61. The Kier molecular flexibility index (Phi) is 6.57. The molecule has 2 bridgehead atoms. The van der Waals surface area contributed by atoms with Gasteiger partial charge in [0.15, 0.2) is 0 Å². The number of morpholine rings is 1. The van der Waals surface area contributed by atoms with E-state index in [4.69, 9.17) is 26.1 Å². The van der Waals surface area contributed by atoms with Crippen LogP contribution in [0.4, 0.5) is 10.6 Å². The summed E-state index contributed by atoms with van der Waals surface area (Å²) < 4.78 is 11.1. The molecule has 8 nitrogen and oxygen atoms in total. The van der Waals surface area contributed by atoms with E-state index in [-0.39, 0.29) is 24.2 Å². The molecule has 3 aliphatic rings. The molecular weight excluding hydrogens is 454 g/mol. The third-order valence-electron chi connectivity index (χ3n) is 6.88. The summed E-state index contributed by atoms with van der Waals surface area (Å²) >= 11 is 6.39. The smallest absolute Gasteiger partial charge is 0.410 e. The molecule has 34 heavy (non-hydrogen) atoms. The van der Waals surface area contributed by atoms with Gasteiger partial charge in [-0.05, 0) is 58.6 Å². The maximum Gasteiger partial charge on any atom is 0.410 e. The lowest BCUT2D eigenvalue weighted by molar-refractivity contribution is 0.00683. The molecule has 184 valence electrons. The quantitative estimate of drug-likeness (QED) is 0.638. The first-order valence-electron chi connectivity index (χ1n) is 12.3. The van der Waals surface area contributed by atoms with Crippen molar-refractivity contribution in [3.05, 3.63) is 29.0 Å². The Balaban J connectivity index is 1.30. The number of carbonyl (C=O) groups is 1. The molecule has 0 aromatic carbocycles. The molecule has 0 saturated carbocycles. The van der Waals surface area contributed by atoms with E-state index in [1.54, 1.807) is 0 Å². The summed E-state index contributed by atoms with van der Waals surface area (Å²) in [6.45, 7) is 9.93. The second kappa shape index (κ2) is 9.47. The standard InChI is InChI=1S/C25H34ClN5O3/c1-25(2,3)34-24(32)31-18-5-6-19(31)13-17(12-18)28-23-20-7-4-16(15-30-8-10-33-11-9-30)27-21(20)14-22(26)29-23/h4,7,14,17-19H,5-6,8-13,15H2,1-3H3,(H,28,29)/t17?,18-,19+. The molecule has 2 aromatic rings. The van der Waals surface area contributed by atoms with E-state index >= 15 is 0 Å². The zero-order valence-electron chi connectivity index (χ0n) is 20.2. The lowest BCUT2D eigenvalue weighted by Gasteiger charge is -2.39. The van der Waals surface area contributed by atoms with Crippen molar-refractivity contribution in [2.45, 2.75) is 76.7 Å². The van der Waals surface area contributed by atoms with E-state index in [2.05, 4.69) is 27.3 Å². The molecule has 5 heterocycles. The van der Waals surface area contributed by atoms with E-state index < -0.39 is 5.60 Å². The Morgan fingerprint density at radius 1 is 1.18 bits per heavy atom. The van der Waals surface area contributed by atoms with Gasteiger partial charge in [0, 0.05) is 49.2 Å². The van der Waals surface area contributed by atoms with Crippen molar-refractivity contribution >= 4 is 34.4 Å². The summed E-state index contributed by atoms with van der Waals surface area (Å²) in [5, 5.41) is 5.03. The Labute approximate surface area is 206 Å². The number of halogens is 1. The summed E-state index contributed by atoms with van der Waals surface area (Å²) in [6, 6.07) is 6.60. The predicted octanol–water partition coefficient (Wildman–Crippen LogP) is 4.46. The third kappa shape index (κ3) is 5.24. The topological polar surface area (TPSA) is 79.8 Å². The largest absolute Gasteiger partial charge is 0.444 e. The van der Waals surface area contributed by atoms with Crippen LogP contribution in [0.25, 0.3) is 10.9 Å². The molecule has 0 aliphatic carbocycles. The Morgan fingerprint density at radius 2 is 1.88 bits per heavy atom. The summed E-state index contributed by atoms with van der Waals surface area (Å²) in [5.74, 6) is 0.767. The van der Waals surface area contributed by atoms with Crippen molar-refractivity contribution < 1.29 is 14.3 Å². The van der Waals surface area contributed by atoms with Crippen LogP contribution in [-0.2, 0) is 16.0 Å². The monoisotopic (exact) mass is 487 g/mol. The van der Waals surface area contributed by atoms with Gasteiger partial charge in [-0.3, -0.25) is 9.88 Å². The summed E-state index contributed by atoms with van der Waals surface area (Å²) in [7, 11) is 0. The first-order valence-corrected chi connectivity index (χ1v) is 12.7. The van der Waals surface area contributed by atoms with Gasteiger partial charge in [0.2, 0.25) is 0 Å². The van der Waals surface area contributed by atoms with E-state index in [0.717, 1.165) is 80.9 Å². The van der Waals surface area contributed by atoms with Crippen LogP contribution >= 0.6 is 11.6 Å². The summed E-state index contributed by atoms with van der Waals surface area (Å²) in [4.78, 5) is 26.6. The lowest BCUT2D eigenvalue weighted by atomic mass is 9.97. The van der Waals surface area contributed by atoms with Gasteiger partial charge in [0.25, 0.3) is 0 Å². The molecule has 0 radical (unpaired) electrons. The molecule has 9 heteroatoms. The molecule has 1 unspecified atom stereocenters. The van der Waals surface area contributed by atoms with Crippen LogP contribution in [0.3, 0.4) is 0 Å². The summed E-state index contributed by atoms with van der Waals surface area (Å²) in [5.41, 5.74) is 1.39. The number of carbonyl (C=O) groups excluding carboxylic acids is 1. The van der Waals surface area contributed by atoms with Gasteiger partial charge in [-0.25, -0.2) is 9.78 Å². The van der Waals surface area contributed by atoms with Crippen LogP contribution in [0.15, 0.2) is 18.2 Å². The number of amides is 1. The highest BCUT2D eigenvalue weighted by molar-refractivity contribution is 6.30. The Morgan fingerprint density at radius 3 is 2.56 bits per heavy atom. The number of hydrogen-bond acceptors (Lipinski definition) is 7. The lowest BCUT2D eigenvalue weighted by Crippen LogP contribution is -2.51. The molecule has 3 fully saturated rings. The molecule has 1 N–H and O–H groups in total. The summed E-state index contributed by atoms with van der Waals surface area (Å²) in [6.07, 6.45) is 3.57. The number of fused-ring (bicyclic) bond motifs is 3. The molecule has 3 atom stereocenters. The minimum Gasteiger partial charge on any atom is -0.444 e. The molecule has 2 aromatic heterocycles. The maximum absolute atomic E-state index is 12.8. The minimum atomic E-state index is -0.483. The van der Waals surface area contributed by atoms with Crippen LogP contribution in [0.1, 0.15) is 52.1 Å². The first-order chi connectivity index (χ1) is 16.2. The number of hydrogen-bond donors (Lipinski definition) is 1. The molecule has 3 saturated heterocycles. The normalized spacial score (nSPS) is 25.5. The van der Waals surface area contributed by atoms with Crippen molar-refractivity contribution in [2.75, 3.05) is 31.6 Å². The number of ether oxygens (including phenoxy) is 2. The van der Waals surface area contributed by atoms with Crippen molar-refractivity contribution in [3.63, 3.8) is 0 Å². The molecule has 1 amide bonds. The SMILES string of the molecule is CC(C)(C)OC(=O)N1[C@@H]2CC[C@H]1CC(Nc1nc(Cl)cc3nc(CN4CCOCC4)ccc13)C2. The second-order valence-corrected chi connectivity index (χ2v) is 11.0. The fraction of sp³-hybridized carbons (Fsp3) is 0.640. The second-order valence-electron chi connectivity index (χ2n) is 10.6. The molecule has 5 rings (SSSR count). The molecular formula is C25H34ClN5O3.